The second-order valence-electron chi connectivity index (χ2n) is 4.96. The molecule has 2 aromatic carbocycles. The molecule has 0 aliphatic carbocycles. The van der Waals surface area contributed by atoms with Crippen LogP contribution in [0, 0.1) is 10.1 Å². The number of hydrogen-bond acceptors (Lipinski definition) is 6. The van der Waals surface area contributed by atoms with Crippen LogP contribution >= 0.6 is 0 Å². The highest BCUT2D eigenvalue weighted by atomic mass is 32.2. The van der Waals surface area contributed by atoms with Crippen molar-refractivity contribution in [2.24, 2.45) is 0 Å². The summed E-state index contributed by atoms with van der Waals surface area (Å²) in [5, 5.41) is 11.6. The average molecular weight is 335 g/mol. The normalized spacial score (nSPS) is 11.9. The van der Waals surface area contributed by atoms with Crippen LogP contribution in [-0.2, 0) is 9.84 Å². The number of H-pyrrole nitrogens is 2. The first kappa shape index (κ1) is 14.9. The van der Waals surface area contributed by atoms with Crippen LogP contribution in [-0.4, -0.2) is 29.6 Å². The number of sulfone groups is 1. The molecular formula is C13H9N3O6S. The number of nitrogens with one attached hydrogen (secondary N) is 2. The molecule has 1 heterocycles. The Bertz CT molecular complexity index is 1210. The summed E-state index contributed by atoms with van der Waals surface area (Å²) in [5.41, 5.74) is -1.93. The molecule has 1 aromatic heterocycles. The van der Waals surface area contributed by atoms with E-state index in [4.69, 9.17) is 0 Å². The number of nitrogens with zero attached hydrogens (tertiary/aromatic N) is 1. The van der Waals surface area contributed by atoms with Gasteiger partial charge in [-0.2, -0.15) is 0 Å². The maximum absolute atomic E-state index is 11.6. The van der Waals surface area contributed by atoms with Crippen LogP contribution in [0.3, 0.4) is 0 Å². The highest BCUT2D eigenvalue weighted by Crippen LogP contribution is 2.32. The van der Waals surface area contributed by atoms with E-state index in [1.54, 1.807) is 0 Å². The van der Waals surface area contributed by atoms with Gasteiger partial charge in [-0.15, -0.1) is 0 Å². The quantitative estimate of drug-likeness (QED) is 0.305. The maximum Gasteiger partial charge on any atom is 0.314 e. The largest absolute Gasteiger partial charge is 0.316 e. The van der Waals surface area contributed by atoms with Crippen LogP contribution in [0.15, 0.2) is 38.8 Å². The highest BCUT2D eigenvalue weighted by molar-refractivity contribution is 7.90. The van der Waals surface area contributed by atoms with Crippen molar-refractivity contribution in [1.29, 1.82) is 0 Å². The lowest BCUT2D eigenvalue weighted by atomic mass is 10.1. The molecule has 0 fully saturated rings. The molecule has 118 valence electrons. The molecule has 0 radical (unpaired) electrons. The predicted octanol–water partition coefficient (Wildman–Crippen LogP) is 0.681. The fourth-order valence-electron chi connectivity index (χ4n) is 2.35. The minimum Gasteiger partial charge on any atom is -0.316 e. The van der Waals surface area contributed by atoms with Gasteiger partial charge in [0.2, 0.25) is 0 Å². The molecule has 0 bridgehead atoms. The summed E-state index contributed by atoms with van der Waals surface area (Å²) >= 11 is 0. The van der Waals surface area contributed by atoms with Crippen molar-refractivity contribution in [3.8, 4) is 0 Å². The summed E-state index contributed by atoms with van der Waals surface area (Å²) in [6.07, 6.45) is 0.987. The average Bonchev–Trinajstić information content (AvgIpc) is 2.46. The van der Waals surface area contributed by atoms with Gasteiger partial charge < -0.3 is 9.97 Å². The summed E-state index contributed by atoms with van der Waals surface area (Å²) in [5.74, 6) is 0. The van der Waals surface area contributed by atoms with Crippen LogP contribution < -0.4 is 11.1 Å². The number of aromatic nitrogens is 2. The number of aromatic amines is 2. The summed E-state index contributed by atoms with van der Waals surface area (Å²) < 4.78 is 23.3. The lowest BCUT2D eigenvalue weighted by Crippen LogP contribution is -2.29. The summed E-state index contributed by atoms with van der Waals surface area (Å²) in [4.78, 5) is 38.0. The second-order valence-corrected chi connectivity index (χ2v) is 6.98. The van der Waals surface area contributed by atoms with Crippen molar-refractivity contribution in [2.75, 3.05) is 6.26 Å². The SMILES string of the molecule is CS(=O)(=O)c1ccc2c(c1)c([N+](=O)[O-])cc1[nH]c(=O)c(=O)[nH]c12. The monoisotopic (exact) mass is 335 g/mol. The first-order chi connectivity index (χ1) is 10.7. The van der Waals surface area contributed by atoms with Gasteiger partial charge in [0.15, 0.2) is 9.84 Å². The van der Waals surface area contributed by atoms with E-state index in [1.165, 1.54) is 18.2 Å². The molecular weight excluding hydrogens is 326 g/mol. The van der Waals surface area contributed by atoms with E-state index in [0.29, 0.717) is 0 Å². The zero-order chi connectivity index (χ0) is 16.9. The highest BCUT2D eigenvalue weighted by Gasteiger charge is 2.19. The second kappa shape index (κ2) is 4.74. The van der Waals surface area contributed by atoms with Gasteiger partial charge in [-0.1, -0.05) is 6.07 Å². The Morgan fingerprint density at radius 3 is 2.30 bits per heavy atom. The molecule has 10 heteroatoms. The third kappa shape index (κ3) is 2.38. The van der Waals surface area contributed by atoms with Gasteiger partial charge >= 0.3 is 11.1 Å². The Morgan fingerprint density at radius 1 is 1.04 bits per heavy atom. The molecule has 0 aliphatic rings. The lowest BCUT2D eigenvalue weighted by molar-refractivity contribution is -0.383. The number of fused-ring (bicyclic) bond motifs is 3. The Labute approximate surface area is 127 Å². The van der Waals surface area contributed by atoms with Gasteiger partial charge in [0.25, 0.3) is 5.69 Å². The molecule has 3 aromatic rings. The Kier molecular flexibility index (Phi) is 3.08. The van der Waals surface area contributed by atoms with Crippen molar-refractivity contribution in [3.63, 3.8) is 0 Å². The van der Waals surface area contributed by atoms with Crippen LogP contribution in [0.4, 0.5) is 5.69 Å². The van der Waals surface area contributed by atoms with Crippen molar-refractivity contribution < 1.29 is 13.3 Å². The van der Waals surface area contributed by atoms with Gasteiger partial charge in [0.05, 0.1) is 26.2 Å². The molecule has 0 aliphatic heterocycles. The maximum atomic E-state index is 11.6. The third-order valence-electron chi connectivity index (χ3n) is 3.40. The number of nitro benzene ring substituents is 1. The van der Waals surface area contributed by atoms with Gasteiger partial charge in [-0.3, -0.25) is 19.7 Å². The van der Waals surface area contributed by atoms with E-state index >= 15 is 0 Å². The predicted molar refractivity (Wildman–Crippen MR) is 82.5 cm³/mol. The number of non-ortho nitro benzene ring substituents is 1. The van der Waals surface area contributed by atoms with Gasteiger partial charge in [-0.05, 0) is 12.1 Å². The molecule has 0 saturated carbocycles. The zero-order valence-corrected chi connectivity index (χ0v) is 12.4. The molecule has 0 unspecified atom stereocenters. The smallest absolute Gasteiger partial charge is 0.314 e. The van der Waals surface area contributed by atoms with Crippen LogP contribution in [0.1, 0.15) is 0 Å². The third-order valence-corrected chi connectivity index (χ3v) is 4.51. The summed E-state index contributed by atoms with van der Waals surface area (Å²) in [7, 11) is -3.56. The standard InChI is InChI=1S/C13H9N3O6S/c1-23(21,22)6-2-3-7-8(4-6)10(16(19)20)5-9-11(7)15-13(18)12(17)14-9/h2-5H,1H3,(H,14,17)(H,15,18). The molecule has 0 amide bonds. The lowest BCUT2D eigenvalue weighted by Gasteiger charge is -2.06. The molecule has 3 rings (SSSR count). The first-order valence-electron chi connectivity index (χ1n) is 6.26. The Hall–Kier alpha value is -3.01. The Balaban J connectivity index is 2.59. The van der Waals surface area contributed by atoms with E-state index in [9.17, 15) is 28.1 Å². The van der Waals surface area contributed by atoms with Gasteiger partial charge in [0.1, 0.15) is 0 Å². The van der Waals surface area contributed by atoms with Crippen LogP contribution in [0.2, 0.25) is 0 Å². The molecule has 2 N–H and O–H groups in total. The minimum absolute atomic E-state index is 0.0492. The van der Waals surface area contributed by atoms with E-state index in [-0.39, 0.29) is 32.4 Å². The first-order valence-corrected chi connectivity index (χ1v) is 8.15. The number of rotatable bonds is 2. The molecule has 23 heavy (non-hydrogen) atoms. The van der Waals surface area contributed by atoms with Crippen molar-refractivity contribution >= 4 is 37.3 Å². The summed E-state index contributed by atoms with van der Waals surface area (Å²) in [6, 6.07) is 4.90. The number of nitro groups is 1. The topological polar surface area (TPSA) is 143 Å². The minimum atomic E-state index is -3.56. The van der Waals surface area contributed by atoms with E-state index in [1.807, 2.05) is 0 Å². The molecule has 9 nitrogen and oxygen atoms in total. The molecule has 0 saturated heterocycles. The van der Waals surface area contributed by atoms with Crippen LogP contribution in [0.25, 0.3) is 21.8 Å². The van der Waals surface area contributed by atoms with Gasteiger partial charge in [0, 0.05) is 17.7 Å². The van der Waals surface area contributed by atoms with Crippen molar-refractivity contribution in [1.82, 2.24) is 9.97 Å². The van der Waals surface area contributed by atoms with E-state index in [0.717, 1.165) is 12.3 Å². The molecule has 0 spiro atoms. The zero-order valence-electron chi connectivity index (χ0n) is 11.6. The van der Waals surface area contributed by atoms with E-state index < -0.39 is 25.9 Å². The van der Waals surface area contributed by atoms with Gasteiger partial charge in [-0.25, -0.2) is 8.42 Å². The van der Waals surface area contributed by atoms with Crippen molar-refractivity contribution in [3.05, 3.63) is 55.1 Å². The Morgan fingerprint density at radius 2 is 1.70 bits per heavy atom. The van der Waals surface area contributed by atoms with Crippen LogP contribution in [0.5, 0.6) is 0 Å². The number of hydrogen-bond donors (Lipinski definition) is 2. The van der Waals surface area contributed by atoms with E-state index in [2.05, 4.69) is 9.97 Å². The fourth-order valence-corrected chi connectivity index (χ4v) is 3.00. The fraction of sp³-hybridized carbons (Fsp3) is 0.0769. The van der Waals surface area contributed by atoms with Crippen molar-refractivity contribution in [2.45, 2.75) is 4.90 Å². The number of benzene rings is 2. The summed E-state index contributed by atoms with van der Waals surface area (Å²) in [6.45, 7) is 0. The molecule has 0 atom stereocenters.